The molecular weight excluding hydrogens is 236 g/mol. The van der Waals surface area contributed by atoms with Crippen LogP contribution in [0.2, 0.25) is 0 Å². The van der Waals surface area contributed by atoms with Crippen molar-refractivity contribution in [3.63, 3.8) is 0 Å². The summed E-state index contributed by atoms with van der Waals surface area (Å²) >= 11 is 0. The highest BCUT2D eigenvalue weighted by Gasteiger charge is 2.20. The highest BCUT2D eigenvalue weighted by atomic mass is 16.4. The molecule has 0 aromatic carbocycles. The Morgan fingerprint density at radius 3 is 2.39 bits per heavy atom. The van der Waals surface area contributed by atoms with Crippen molar-refractivity contribution in [1.29, 1.82) is 0 Å². The van der Waals surface area contributed by atoms with Gasteiger partial charge in [-0.1, -0.05) is 0 Å². The van der Waals surface area contributed by atoms with Crippen LogP contribution in [0.5, 0.6) is 0 Å². The van der Waals surface area contributed by atoms with Crippen molar-refractivity contribution in [2.24, 2.45) is 0 Å². The minimum atomic E-state index is -1.14. The Morgan fingerprint density at radius 2 is 1.94 bits per heavy atom. The van der Waals surface area contributed by atoms with Gasteiger partial charge < -0.3 is 20.2 Å². The molecular formula is C12H18N2O4. The summed E-state index contributed by atoms with van der Waals surface area (Å²) in [5.41, 5.74) is -0.317. The molecule has 6 heteroatoms. The van der Waals surface area contributed by atoms with Gasteiger partial charge in [-0.25, -0.2) is 4.79 Å². The lowest BCUT2D eigenvalue weighted by atomic mass is 10.1. The quantitative estimate of drug-likeness (QED) is 0.760. The first-order chi connectivity index (χ1) is 8.19. The van der Waals surface area contributed by atoms with Crippen molar-refractivity contribution < 1.29 is 19.1 Å². The molecule has 1 unspecified atom stereocenters. The number of furan rings is 1. The van der Waals surface area contributed by atoms with Gasteiger partial charge in [-0.05, 0) is 33.8 Å². The van der Waals surface area contributed by atoms with Gasteiger partial charge in [-0.15, -0.1) is 0 Å². The third kappa shape index (κ3) is 4.12. The van der Waals surface area contributed by atoms with E-state index in [4.69, 9.17) is 9.52 Å². The Hall–Kier alpha value is -1.98. The Morgan fingerprint density at radius 1 is 1.33 bits per heavy atom. The molecule has 1 atom stereocenters. The van der Waals surface area contributed by atoms with Crippen molar-refractivity contribution in [3.05, 3.63) is 17.9 Å². The third-order valence-corrected chi connectivity index (χ3v) is 2.07. The predicted octanol–water partition coefficient (Wildman–Crippen LogP) is 1.69. The summed E-state index contributed by atoms with van der Waals surface area (Å²) in [7, 11) is 0. The number of carbonyl (C=O) groups excluding carboxylic acids is 1. The number of carboxylic acid groups (broad SMARTS) is 1. The molecule has 0 fully saturated rings. The van der Waals surface area contributed by atoms with Crippen molar-refractivity contribution in [3.8, 4) is 0 Å². The number of rotatable bonds is 4. The topological polar surface area (TPSA) is 91.6 Å². The van der Waals surface area contributed by atoms with Gasteiger partial charge in [-0.3, -0.25) is 4.79 Å². The lowest BCUT2D eigenvalue weighted by Crippen LogP contribution is -2.47. The Bertz CT molecular complexity index is 445. The molecule has 1 amide bonds. The van der Waals surface area contributed by atoms with Crippen LogP contribution < -0.4 is 10.6 Å². The smallest absolute Gasteiger partial charge is 0.371 e. The molecule has 0 aliphatic rings. The first kappa shape index (κ1) is 14.1. The Kier molecular flexibility index (Phi) is 4.00. The SMILES string of the molecule is CC(Nc1ccc(C(=O)O)o1)C(=O)NC(C)(C)C. The monoisotopic (exact) mass is 254 g/mol. The molecule has 6 nitrogen and oxygen atoms in total. The summed E-state index contributed by atoms with van der Waals surface area (Å²) in [4.78, 5) is 22.4. The molecule has 1 aromatic heterocycles. The van der Waals surface area contributed by atoms with Crippen LogP contribution >= 0.6 is 0 Å². The maximum atomic E-state index is 11.8. The highest BCUT2D eigenvalue weighted by molar-refractivity contribution is 5.86. The van der Waals surface area contributed by atoms with Crippen LogP contribution in [0.15, 0.2) is 16.5 Å². The minimum Gasteiger partial charge on any atom is -0.475 e. The normalized spacial score (nSPS) is 12.9. The van der Waals surface area contributed by atoms with Gasteiger partial charge in [0.2, 0.25) is 11.7 Å². The summed E-state index contributed by atoms with van der Waals surface area (Å²) in [6.07, 6.45) is 0. The van der Waals surface area contributed by atoms with E-state index >= 15 is 0 Å². The van der Waals surface area contributed by atoms with Gasteiger partial charge in [-0.2, -0.15) is 0 Å². The summed E-state index contributed by atoms with van der Waals surface area (Å²) in [6.45, 7) is 7.32. The lowest BCUT2D eigenvalue weighted by Gasteiger charge is -2.23. The number of aromatic carboxylic acids is 1. The second kappa shape index (κ2) is 5.12. The van der Waals surface area contributed by atoms with Crippen molar-refractivity contribution in [2.75, 3.05) is 5.32 Å². The fourth-order valence-electron chi connectivity index (χ4n) is 1.29. The molecule has 0 radical (unpaired) electrons. The van der Waals surface area contributed by atoms with Crippen molar-refractivity contribution >= 4 is 17.8 Å². The zero-order valence-corrected chi connectivity index (χ0v) is 10.9. The van der Waals surface area contributed by atoms with Crippen molar-refractivity contribution in [2.45, 2.75) is 39.3 Å². The Balaban J connectivity index is 2.61. The fourth-order valence-corrected chi connectivity index (χ4v) is 1.29. The Labute approximate surface area is 105 Å². The zero-order valence-electron chi connectivity index (χ0n) is 10.9. The van der Waals surface area contributed by atoms with Crippen LogP contribution in [0, 0.1) is 0 Å². The second-order valence-corrected chi connectivity index (χ2v) is 5.07. The number of hydrogen-bond acceptors (Lipinski definition) is 4. The molecule has 0 saturated heterocycles. The first-order valence-electron chi connectivity index (χ1n) is 5.61. The van der Waals surface area contributed by atoms with E-state index < -0.39 is 12.0 Å². The number of nitrogens with one attached hydrogen (secondary N) is 2. The maximum absolute atomic E-state index is 11.8. The van der Waals surface area contributed by atoms with Gasteiger partial charge in [0.15, 0.2) is 5.88 Å². The van der Waals surface area contributed by atoms with E-state index in [1.54, 1.807) is 6.92 Å². The minimum absolute atomic E-state index is 0.166. The van der Waals surface area contributed by atoms with E-state index in [9.17, 15) is 9.59 Å². The van der Waals surface area contributed by atoms with E-state index in [2.05, 4.69) is 10.6 Å². The number of hydrogen-bond donors (Lipinski definition) is 3. The molecule has 0 bridgehead atoms. The first-order valence-corrected chi connectivity index (χ1v) is 5.61. The number of carbonyl (C=O) groups is 2. The highest BCUT2D eigenvalue weighted by Crippen LogP contribution is 2.14. The zero-order chi connectivity index (χ0) is 13.9. The lowest BCUT2D eigenvalue weighted by molar-refractivity contribution is -0.122. The van der Waals surface area contributed by atoms with E-state index in [-0.39, 0.29) is 23.1 Å². The van der Waals surface area contributed by atoms with E-state index in [0.717, 1.165) is 0 Å². The van der Waals surface area contributed by atoms with Crippen LogP contribution in [-0.2, 0) is 4.79 Å². The predicted molar refractivity (Wildman–Crippen MR) is 66.6 cm³/mol. The average molecular weight is 254 g/mol. The van der Waals surface area contributed by atoms with E-state index in [1.165, 1.54) is 12.1 Å². The number of amides is 1. The van der Waals surface area contributed by atoms with Crippen LogP contribution in [0.3, 0.4) is 0 Å². The molecule has 1 heterocycles. The molecule has 1 rings (SSSR count). The number of carboxylic acids is 1. The fraction of sp³-hybridized carbons (Fsp3) is 0.500. The molecule has 0 aliphatic carbocycles. The molecule has 18 heavy (non-hydrogen) atoms. The largest absolute Gasteiger partial charge is 0.475 e. The van der Waals surface area contributed by atoms with E-state index in [1.807, 2.05) is 20.8 Å². The van der Waals surface area contributed by atoms with Crippen LogP contribution in [0.4, 0.5) is 5.88 Å². The molecule has 100 valence electrons. The van der Waals surface area contributed by atoms with Gasteiger partial charge >= 0.3 is 5.97 Å². The van der Waals surface area contributed by atoms with Crippen LogP contribution in [0.25, 0.3) is 0 Å². The summed E-state index contributed by atoms with van der Waals surface area (Å²) < 4.78 is 5.01. The molecule has 1 aromatic rings. The summed E-state index contributed by atoms with van der Waals surface area (Å²) in [5, 5.41) is 14.3. The molecule has 3 N–H and O–H groups in total. The molecule has 0 saturated carbocycles. The van der Waals surface area contributed by atoms with Crippen LogP contribution in [-0.4, -0.2) is 28.6 Å². The second-order valence-electron chi connectivity index (χ2n) is 5.07. The molecule has 0 aliphatic heterocycles. The maximum Gasteiger partial charge on any atom is 0.371 e. The number of anilines is 1. The molecule has 0 spiro atoms. The van der Waals surface area contributed by atoms with Gasteiger partial charge in [0.25, 0.3) is 0 Å². The third-order valence-electron chi connectivity index (χ3n) is 2.07. The van der Waals surface area contributed by atoms with Crippen molar-refractivity contribution in [1.82, 2.24) is 5.32 Å². The standard InChI is InChI=1S/C12H18N2O4/c1-7(10(15)14-12(2,3)4)13-9-6-5-8(18-9)11(16)17/h5-7,13H,1-4H3,(H,14,15)(H,16,17). The van der Waals surface area contributed by atoms with Gasteiger partial charge in [0, 0.05) is 11.6 Å². The van der Waals surface area contributed by atoms with Gasteiger partial charge in [0.05, 0.1) is 0 Å². The summed E-state index contributed by atoms with van der Waals surface area (Å²) in [5.74, 6) is -1.24. The summed E-state index contributed by atoms with van der Waals surface area (Å²) in [6, 6.07) is 2.29. The van der Waals surface area contributed by atoms with E-state index in [0.29, 0.717) is 0 Å². The average Bonchev–Trinajstić information content (AvgIpc) is 2.63. The van der Waals surface area contributed by atoms with Gasteiger partial charge in [0.1, 0.15) is 6.04 Å². The van der Waals surface area contributed by atoms with Crippen LogP contribution in [0.1, 0.15) is 38.2 Å².